The maximum absolute atomic E-state index is 12.5. The second kappa shape index (κ2) is 4.66. The molecule has 1 amide bonds. The van der Waals surface area contributed by atoms with Gasteiger partial charge in [0.15, 0.2) is 0 Å². The van der Waals surface area contributed by atoms with Gasteiger partial charge in [0.2, 0.25) is 0 Å². The van der Waals surface area contributed by atoms with Crippen LogP contribution in [0.15, 0.2) is 23.7 Å². The molecule has 0 radical (unpaired) electrons. The summed E-state index contributed by atoms with van der Waals surface area (Å²) in [5.74, 6) is 0.124. The fraction of sp³-hybridized carbons (Fsp3) is 0.385. The van der Waals surface area contributed by atoms with Crippen LogP contribution in [-0.2, 0) is 0 Å². The zero-order valence-electron chi connectivity index (χ0n) is 10.2. The number of hydrogen-bond acceptors (Lipinski definition) is 4. The molecule has 2 aromatic rings. The van der Waals surface area contributed by atoms with Gasteiger partial charge in [-0.1, -0.05) is 0 Å². The lowest BCUT2D eigenvalue weighted by atomic mass is 10.1. The van der Waals surface area contributed by atoms with Crippen molar-refractivity contribution in [1.82, 2.24) is 15.2 Å². The molecule has 2 heterocycles. The summed E-state index contributed by atoms with van der Waals surface area (Å²) in [6.07, 6.45) is 0. The van der Waals surface area contributed by atoms with Crippen molar-refractivity contribution in [3.63, 3.8) is 0 Å². The molecule has 4 nitrogen and oxygen atoms in total. The second-order valence-corrected chi connectivity index (χ2v) is 5.47. The van der Waals surface area contributed by atoms with E-state index in [0.29, 0.717) is 0 Å². The normalized spacial score (nSPS) is 20.3. The number of nitrogens with one attached hydrogen (secondary N) is 1. The third-order valence-corrected chi connectivity index (χ3v) is 4.13. The van der Waals surface area contributed by atoms with Gasteiger partial charge in [-0.05, 0) is 25.1 Å². The Bertz CT molecular complexity index is 580. The molecule has 0 aliphatic carbocycles. The molecule has 1 aromatic heterocycles. The molecule has 0 saturated carbocycles. The summed E-state index contributed by atoms with van der Waals surface area (Å²) < 4.78 is 1.07. The van der Waals surface area contributed by atoms with Gasteiger partial charge in [0, 0.05) is 31.2 Å². The summed E-state index contributed by atoms with van der Waals surface area (Å²) in [6, 6.07) is 6.00. The molecule has 1 fully saturated rings. The van der Waals surface area contributed by atoms with Crippen molar-refractivity contribution < 1.29 is 4.79 Å². The van der Waals surface area contributed by atoms with E-state index in [1.165, 1.54) is 0 Å². The monoisotopic (exact) mass is 261 g/mol. The first kappa shape index (κ1) is 11.6. The average molecular weight is 261 g/mol. The van der Waals surface area contributed by atoms with E-state index >= 15 is 0 Å². The molecule has 1 N–H and O–H groups in total. The van der Waals surface area contributed by atoms with Crippen LogP contribution < -0.4 is 5.32 Å². The van der Waals surface area contributed by atoms with Gasteiger partial charge < -0.3 is 10.2 Å². The molecule has 0 spiro atoms. The highest BCUT2D eigenvalue weighted by Gasteiger charge is 2.24. The van der Waals surface area contributed by atoms with E-state index in [1.54, 1.807) is 11.3 Å². The highest BCUT2D eigenvalue weighted by molar-refractivity contribution is 7.16. The minimum atomic E-state index is 0.124. The standard InChI is InChI=1S/C13H15N3OS/c1-9-7-14-4-5-16(9)13(17)10-2-3-11-12(6-10)18-8-15-11/h2-3,6,8-9,14H,4-5,7H2,1H3. The Labute approximate surface area is 110 Å². The molecule has 18 heavy (non-hydrogen) atoms. The number of carbonyl (C=O) groups excluding carboxylic acids is 1. The lowest BCUT2D eigenvalue weighted by Crippen LogP contribution is -2.52. The smallest absolute Gasteiger partial charge is 0.254 e. The van der Waals surface area contributed by atoms with Gasteiger partial charge in [-0.2, -0.15) is 0 Å². The SMILES string of the molecule is CC1CNCCN1C(=O)c1ccc2ncsc2c1. The molecule has 1 aromatic carbocycles. The lowest BCUT2D eigenvalue weighted by molar-refractivity contribution is 0.0656. The Morgan fingerprint density at radius 3 is 3.28 bits per heavy atom. The Morgan fingerprint density at radius 2 is 2.44 bits per heavy atom. The quantitative estimate of drug-likeness (QED) is 0.850. The molecule has 1 aliphatic rings. The van der Waals surface area contributed by atoms with E-state index < -0.39 is 0 Å². The molecule has 1 saturated heterocycles. The number of fused-ring (bicyclic) bond motifs is 1. The number of nitrogens with zero attached hydrogens (tertiary/aromatic N) is 2. The van der Waals surface area contributed by atoms with Crippen molar-refractivity contribution in [2.75, 3.05) is 19.6 Å². The number of carbonyl (C=O) groups is 1. The van der Waals surface area contributed by atoms with E-state index in [0.717, 1.165) is 35.4 Å². The fourth-order valence-corrected chi connectivity index (χ4v) is 3.01. The Balaban J connectivity index is 1.90. The lowest BCUT2D eigenvalue weighted by Gasteiger charge is -2.34. The average Bonchev–Trinajstić information content (AvgIpc) is 2.85. The first-order chi connectivity index (χ1) is 8.75. The summed E-state index contributed by atoms with van der Waals surface area (Å²) in [5.41, 5.74) is 3.54. The van der Waals surface area contributed by atoms with Gasteiger partial charge >= 0.3 is 0 Å². The van der Waals surface area contributed by atoms with Crippen molar-refractivity contribution in [3.05, 3.63) is 29.3 Å². The van der Waals surface area contributed by atoms with Crippen molar-refractivity contribution in [2.24, 2.45) is 0 Å². The third kappa shape index (κ3) is 2.00. The van der Waals surface area contributed by atoms with Crippen LogP contribution in [0.3, 0.4) is 0 Å². The van der Waals surface area contributed by atoms with E-state index in [4.69, 9.17) is 0 Å². The van der Waals surface area contributed by atoms with E-state index in [2.05, 4.69) is 17.2 Å². The molecule has 3 rings (SSSR count). The molecule has 0 bridgehead atoms. The number of thiazole rings is 1. The van der Waals surface area contributed by atoms with Crippen molar-refractivity contribution in [2.45, 2.75) is 13.0 Å². The minimum absolute atomic E-state index is 0.124. The van der Waals surface area contributed by atoms with Gasteiger partial charge in [-0.15, -0.1) is 11.3 Å². The highest BCUT2D eigenvalue weighted by atomic mass is 32.1. The Hall–Kier alpha value is -1.46. The predicted octanol–water partition coefficient (Wildman–Crippen LogP) is 1.73. The van der Waals surface area contributed by atoms with Crippen LogP contribution >= 0.6 is 11.3 Å². The summed E-state index contributed by atoms with van der Waals surface area (Å²) in [6.45, 7) is 4.60. The summed E-state index contributed by atoms with van der Waals surface area (Å²) >= 11 is 1.57. The molecule has 5 heteroatoms. The van der Waals surface area contributed by atoms with Crippen LogP contribution in [0.1, 0.15) is 17.3 Å². The zero-order valence-corrected chi connectivity index (χ0v) is 11.0. The van der Waals surface area contributed by atoms with Crippen LogP contribution in [0.5, 0.6) is 0 Å². The number of amides is 1. The highest BCUT2D eigenvalue weighted by Crippen LogP contribution is 2.20. The first-order valence-electron chi connectivity index (χ1n) is 6.10. The Kier molecular flexibility index (Phi) is 3.01. The van der Waals surface area contributed by atoms with Crippen LogP contribution in [0.4, 0.5) is 0 Å². The third-order valence-electron chi connectivity index (χ3n) is 3.34. The molecule has 1 atom stereocenters. The summed E-state index contributed by atoms with van der Waals surface area (Å²) in [5, 5.41) is 3.29. The minimum Gasteiger partial charge on any atom is -0.333 e. The molecular weight excluding hydrogens is 246 g/mol. The number of rotatable bonds is 1. The predicted molar refractivity (Wildman–Crippen MR) is 73.0 cm³/mol. The van der Waals surface area contributed by atoms with Crippen LogP contribution in [0.25, 0.3) is 10.2 Å². The Morgan fingerprint density at radius 1 is 1.56 bits per heavy atom. The summed E-state index contributed by atoms with van der Waals surface area (Å²) in [4.78, 5) is 18.6. The topological polar surface area (TPSA) is 45.2 Å². The number of benzene rings is 1. The van der Waals surface area contributed by atoms with E-state index in [9.17, 15) is 4.79 Å². The van der Waals surface area contributed by atoms with Crippen molar-refractivity contribution in [3.8, 4) is 0 Å². The first-order valence-corrected chi connectivity index (χ1v) is 6.98. The van der Waals surface area contributed by atoms with Crippen LogP contribution in [0.2, 0.25) is 0 Å². The van der Waals surface area contributed by atoms with E-state index in [1.807, 2.05) is 28.6 Å². The molecular formula is C13H15N3OS. The fourth-order valence-electron chi connectivity index (χ4n) is 2.30. The van der Waals surface area contributed by atoms with Crippen LogP contribution in [-0.4, -0.2) is 41.5 Å². The van der Waals surface area contributed by atoms with Crippen molar-refractivity contribution >= 4 is 27.5 Å². The van der Waals surface area contributed by atoms with Gasteiger partial charge in [0.05, 0.1) is 15.7 Å². The van der Waals surface area contributed by atoms with Gasteiger partial charge in [-0.25, -0.2) is 4.98 Å². The largest absolute Gasteiger partial charge is 0.333 e. The van der Waals surface area contributed by atoms with Crippen molar-refractivity contribution in [1.29, 1.82) is 0 Å². The van der Waals surface area contributed by atoms with Crippen LogP contribution in [0, 0.1) is 0 Å². The number of hydrogen-bond donors (Lipinski definition) is 1. The number of aromatic nitrogens is 1. The van der Waals surface area contributed by atoms with E-state index in [-0.39, 0.29) is 11.9 Å². The maximum atomic E-state index is 12.5. The van der Waals surface area contributed by atoms with Gasteiger partial charge in [-0.3, -0.25) is 4.79 Å². The molecule has 1 unspecified atom stereocenters. The maximum Gasteiger partial charge on any atom is 0.254 e. The molecule has 1 aliphatic heterocycles. The van der Waals surface area contributed by atoms with Gasteiger partial charge in [0.25, 0.3) is 5.91 Å². The zero-order chi connectivity index (χ0) is 12.5. The summed E-state index contributed by atoms with van der Waals surface area (Å²) in [7, 11) is 0. The van der Waals surface area contributed by atoms with Gasteiger partial charge in [0.1, 0.15) is 0 Å². The number of piperazine rings is 1. The second-order valence-electron chi connectivity index (χ2n) is 4.59. The molecule has 94 valence electrons.